The fourth-order valence-corrected chi connectivity index (χ4v) is 4.44. The maximum absolute atomic E-state index is 11.3. The molecule has 34 heavy (non-hydrogen) atoms. The lowest BCUT2D eigenvalue weighted by Crippen LogP contribution is -2.47. The number of hydrogen-bond donors (Lipinski definition) is 0. The number of nitrogens with zero attached hydrogens (tertiary/aromatic N) is 5. The second-order valence-corrected chi connectivity index (χ2v) is 8.84. The molecule has 2 aromatic carbocycles. The van der Waals surface area contributed by atoms with E-state index in [1.54, 1.807) is 18.2 Å². The summed E-state index contributed by atoms with van der Waals surface area (Å²) >= 11 is 0. The van der Waals surface area contributed by atoms with Gasteiger partial charge < -0.3 is 9.42 Å². The van der Waals surface area contributed by atoms with Crippen LogP contribution in [0.15, 0.2) is 59.1 Å². The van der Waals surface area contributed by atoms with Gasteiger partial charge in [-0.2, -0.15) is 0 Å². The minimum Gasteiger partial charge on any atom is -0.369 e. The molecule has 0 amide bonds. The van der Waals surface area contributed by atoms with Crippen LogP contribution in [-0.2, 0) is 6.54 Å². The molecule has 1 aliphatic rings. The normalized spacial score (nSPS) is 14.6. The van der Waals surface area contributed by atoms with Gasteiger partial charge in [-0.25, -0.2) is 0 Å². The van der Waals surface area contributed by atoms with E-state index in [1.807, 2.05) is 6.07 Å². The third kappa shape index (κ3) is 6.01. The quantitative estimate of drug-likeness (QED) is 0.321. The third-order valence-electron chi connectivity index (χ3n) is 6.48. The van der Waals surface area contributed by atoms with Crippen molar-refractivity contribution < 1.29 is 9.45 Å². The predicted octanol–water partition coefficient (Wildman–Crippen LogP) is 4.59. The molecule has 0 bridgehead atoms. The molecule has 1 aliphatic heterocycles. The molecule has 0 saturated carbocycles. The van der Waals surface area contributed by atoms with Gasteiger partial charge in [0.25, 0.3) is 5.69 Å². The lowest BCUT2D eigenvalue weighted by atomic mass is 10.1. The standard InChI is InChI=1S/C26H33N5O3/c1-3-28(20-23-19-25(27-34-23)24-7-4-5-8-26(24)31(32)33)13-6-14-29-15-17-30(18-16-29)22-11-9-21(2)10-12-22/h4-5,7-12,19H,3,6,13-18,20H2,1-2H3. The molecule has 1 fully saturated rings. The maximum Gasteiger partial charge on any atom is 0.278 e. The third-order valence-corrected chi connectivity index (χ3v) is 6.48. The zero-order chi connectivity index (χ0) is 23.9. The molecule has 0 spiro atoms. The summed E-state index contributed by atoms with van der Waals surface area (Å²) in [6, 6.07) is 17.2. The van der Waals surface area contributed by atoms with Crippen LogP contribution in [0, 0.1) is 17.0 Å². The average Bonchev–Trinajstić information content (AvgIpc) is 3.33. The van der Waals surface area contributed by atoms with Crippen LogP contribution in [0.5, 0.6) is 0 Å². The topological polar surface area (TPSA) is 78.9 Å². The summed E-state index contributed by atoms with van der Waals surface area (Å²) in [5, 5.41) is 15.4. The number of aryl methyl sites for hydroxylation is 1. The first kappa shape index (κ1) is 23.9. The van der Waals surface area contributed by atoms with E-state index in [4.69, 9.17) is 4.52 Å². The van der Waals surface area contributed by atoms with Crippen LogP contribution in [0.1, 0.15) is 24.7 Å². The van der Waals surface area contributed by atoms with Gasteiger partial charge in [0, 0.05) is 44.0 Å². The summed E-state index contributed by atoms with van der Waals surface area (Å²) in [6.45, 7) is 12.2. The fourth-order valence-electron chi connectivity index (χ4n) is 4.44. The van der Waals surface area contributed by atoms with Crippen molar-refractivity contribution in [2.24, 2.45) is 0 Å². The Kier molecular flexibility index (Phi) is 7.92. The van der Waals surface area contributed by atoms with Crippen molar-refractivity contribution >= 4 is 11.4 Å². The number of aromatic nitrogens is 1. The zero-order valence-electron chi connectivity index (χ0n) is 20.0. The van der Waals surface area contributed by atoms with Gasteiger partial charge in [0.1, 0.15) is 5.69 Å². The van der Waals surface area contributed by atoms with E-state index in [-0.39, 0.29) is 10.6 Å². The summed E-state index contributed by atoms with van der Waals surface area (Å²) < 4.78 is 5.51. The van der Waals surface area contributed by atoms with Crippen molar-refractivity contribution in [1.29, 1.82) is 0 Å². The Bertz CT molecular complexity index is 1070. The Labute approximate surface area is 200 Å². The minimum absolute atomic E-state index is 0.0390. The van der Waals surface area contributed by atoms with E-state index in [0.29, 0.717) is 17.8 Å². The van der Waals surface area contributed by atoms with Gasteiger partial charge in [-0.15, -0.1) is 0 Å². The van der Waals surface area contributed by atoms with Crippen LogP contribution in [0.4, 0.5) is 11.4 Å². The number of anilines is 1. The molecule has 8 nitrogen and oxygen atoms in total. The highest BCUT2D eigenvalue weighted by atomic mass is 16.6. The molecule has 0 aliphatic carbocycles. The second-order valence-electron chi connectivity index (χ2n) is 8.84. The molecule has 0 atom stereocenters. The first-order valence-electron chi connectivity index (χ1n) is 12.0. The summed E-state index contributed by atoms with van der Waals surface area (Å²) in [5.74, 6) is 0.724. The SMILES string of the molecule is CCN(CCCN1CCN(c2ccc(C)cc2)CC1)Cc1cc(-c2ccccc2[N+](=O)[O-])no1. The van der Waals surface area contributed by atoms with Crippen molar-refractivity contribution in [3.8, 4) is 11.3 Å². The van der Waals surface area contributed by atoms with Crippen LogP contribution in [-0.4, -0.2) is 65.7 Å². The van der Waals surface area contributed by atoms with Crippen molar-refractivity contribution in [2.75, 3.05) is 50.7 Å². The Morgan fingerprint density at radius 2 is 1.82 bits per heavy atom. The molecule has 0 unspecified atom stereocenters. The number of benzene rings is 2. The summed E-state index contributed by atoms with van der Waals surface area (Å²) in [4.78, 5) is 18.3. The lowest BCUT2D eigenvalue weighted by molar-refractivity contribution is -0.384. The van der Waals surface area contributed by atoms with Gasteiger partial charge in [-0.3, -0.25) is 19.9 Å². The summed E-state index contributed by atoms with van der Waals surface area (Å²) in [6.07, 6.45) is 1.09. The van der Waals surface area contributed by atoms with E-state index in [9.17, 15) is 10.1 Å². The van der Waals surface area contributed by atoms with Crippen LogP contribution in [0.2, 0.25) is 0 Å². The van der Waals surface area contributed by atoms with Gasteiger partial charge >= 0.3 is 0 Å². The van der Waals surface area contributed by atoms with E-state index in [0.717, 1.165) is 58.0 Å². The van der Waals surface area contributed by atoms with Crippen molar-refractivity contribution in [3.63, 3.8) is 0 Å². The Morgan fingerprint density at radius 3 is 2.53 bits per heavy atom. The number of piperazine rings is 1. The molecular formula is C26H33N5O3. The molecule has 4 rings (SSSR count). The van der Waals surface area contributed by atoms with E-state index >= 15 is 0 Å². The predicted molar refractivity (Wildman–Crippen MR) is 134 cm³/mol. The Morgan fingerprint density at radius 1 is 1.09 bits per heavy atom. The number of rotatable bonds is 10. The molecule has 1 aromatic heterocycles. The molecule has 180 valence electrons. The van der Waals surface area contributed by atoms with Crippen LogP contribution in [0.3, 0.4) is 0 Å². The average molecular weight is 464 g/mol. The fraction of sp³-hybridized carbons (Fsp3) is 0.423. The molecule has 8 heteroatoms. The zero-order valence-corrected chi connectivity index (χ0v) is 20.0. The van der Waals surface area contributed by atoms with Crippen LogP contribution in [0.25, 0.3) is 11.3 Å². The number of nitro groups is 1. The highest BCUT2D eigenvalue weighted by Gasteiger charge is 2.19. The minimum atomic E-state index is -0.386. The first-order valence-corrected chi connectivity index (χ1v) is 12.0. The molecule has 2 heterocycles. The highest BCUT2D eigenvalue weighted by Crippen LogP contribution is 2.29. The number of hydrogen-bond acceptors (Lipinski definition) is 7. The van der Waals surface area contributed by atoms with Gasteiger partial charge in [0.2, 0.25) is 0 Å². The molecular weight excluding hydrogens is 430 g/mol. The summed E-state index contributed by atoms with van der Waals surface area (Å²) in [7, 11) is 0. The van der Waals surface area contributed by atoms with Gasteiger partial charge in [0.15, 0.2) is 5.76 Å². The molecule has 0 N–H and O–H groups in total. The van der Waals surface area contributed by atoms with Crippen molar-refractivity contribution in [3.05, 3.63) is 76.0 Å². The van der Waals surface area contributed by atoms with E-state index < -0.39 is 0 Å². The number of nitro benzene ring substituents is 1. The van der Waals surface area contributed by atoms with Gasteiger partial charge in [-0.05, 0) is 51.2 Å². The van der Waals surface area contributed by atoms with Crippen LogP contribution < -0.4 is 4.90 Å². The Hall–Kier alpha value is -3.23. The van der Waals surface area contributed by atoms with E-state index in [2.05, 4.69) is 58.0 Å². The first-order chi connectivity index (χ1) is 16.5. The van der Waals surface area contributed by atoms with Gasteiger partial charge in [-0.1, -0.05) is 41.9 Å². The van der Waals surface area contributed by atoms with Crippen molar-refractivity contribution in [1.82, 2.24) is 15.0 Å². The Balaban J connectivity index is 1.24. The van der Waals surface area contributed by atoms with Crippen LogP contribution >= 0.6 is 0 Å². The summed E-state index contributed by atoms with van der Waals surface area (Å²) in [5.41, 5.74) is 3.64. The monoisotopic (exact) mass is 463 g/mol. The highest BCUT2D eigenvalue weighted by molar-refractivity contribution is 5.70. The second kappa shape index (κ2) is 11.3. The van der Waals surface area contributed by atoms with E-state index in [1.165, 1.54) is 17.3 Å². The number of para-hydroxylation sites is 1. The maximum atomic E-state index is 11.3. The largest absolute Gasteiger partial charge is 0.369 e. The molecule has 0 radical (unpaired) electrons. The lowest BCUT2D eigenvalue weighted by Gasteiger charge is -2.36. The molecule has 1 saturated heterocycles. The smallest absolute Gasteiger partial charge is 0.278 e. The molecule has 3 aromatic rings. The van der Waals surface area contributed by atoms with Crippen molar-refractivity contribution in [2.45, 2.75) is 26.8 Å². The van der Waals surface area contributed by atoms with Gasteiger partial charge in [0.05, 0.1) is 17.0 Å².